The van der Waals surface area contributed by atoms with Crippen molar-refractivity contribution >= 4 is 36.8 Å². The first-order valence-electron chi connectivity index (χ1n) is 9.21. The summed E-state index contributed by atoms with van der Waals surface area (Å²) in [6, 6.07) is 0. The number of halogens is 2. The van der Waals surface area contributed by atoms with Gasteiger partial charge in [-0.25, -0.2) is 9.59 Å². The number of piperidine rings is 6. The van der Waals surface area contributed by atoms with Crippen molar-refractivity contribution in [1.29, 1.82) is 0 Å². The second kappa shape index (κ2) is 11.1. The fourth-order valence-electron chi connectivity index (χ4n) is 4.39. The molecule has 0 saturated carbocycles. The van der Waals surface area contributed by atoms with Crippen molar-refractivity contribution in [2.24, 2.45) is 11.8 Å². The highest BCUT2D eigenvalue weighted by Gasteiger charge is 2.30. The Hall–Kier alpha value is -1.08. The van der Waals surface area contributed by atoms with E-state index in [-0.39, 0.29) is 30.8 Å². The van der Waals surface area contributed by atoms with Gasteiger partial charge in [0.2, 0.25) is 0 Å². The Morgan fingerprint density at radius 1 is 0.889 bits per heavy atom. The van der Waals surface area contributed by atoms with E-state index in [9.17, 15) is 9.59 Å². The fraction of sp³-hybridized carbons (Fsp3) is 0.684. The topological polar surface area (TPSA) is 70.1 Å². The van der Waals surface area contributed by atoms with E-state index in [0.717, 1.165) is 44.6 Å². The molecule has 8 heteroatoms. The predicted molar refractivity (Wildman–Crippen MR) is 109 cm³/mol. The maximum absolute atomic E-state index is 11.0. The molecule has 0 aromatic heterocycles. The van der Waals surface area contributed by atoms with E-state index in [1.54, 1.807) is 6.08 Å². The van der Waals surface area contributed by atoms with Gasteiger partial charge in [0.25, 0.3) is 0 Å². The number of methoxy groups -OCH3 is 1. The number of esters is 1. The lowest BCUT2D eigenvalue weighted by molar-refractivity contribution is -0.135. The summed E-state index contributed by atoms with van der Waals surface area (Å²) in [4.78, 5) is 26.2. The van der Waals surface area contributed by atoms with Crippen LogP contribution >= 0.6 is 24.8 Å². The first-order chi connectivity index (χ1) is 12.0. The van der Waals surface area contributed by atoms with Gasteiger partial charge in [-0.05, 0) is 74.8 Å². The zero-order valence-corrected chi connectivity index (χ0v) is 17.4. The van der Waals surface area contributed by atoms with Crippen LogP contribution in [0, 0.1) is 11.8 Å². The quantitative estimate of drug-likeness (QED) is 0.546. The third kappa shape index (κ3) is 6.49. The average Bonchev–Trinajstić information content (AvgIpc) is 2.64. The molecule has 4 bridgehead atoms. The number of hydrogen-bond acceptors (Lipinski definition) is 5. The van der Waals surface area contributed by atoms with Gasteiger partial charge in [0, 0.05) is 25.2 Å². The van der Waals surface area contributed by atoms with Crippen LogP contribution in [0.1, 0.15) is 25.7 Å². The molecule has 0 atom stereocenters. The van der Waals surface area contributed by atoms with Crippen molar-refractivity contribution in [3.8, 4) is 0 Å². The summed E-state index contributed by atoms with van der Waals surface area (Å²) in [5.41, 5.74) is 2.39. The van der Waals surface area contributed by atoms with Crippen molar-refractivity contribution < 1.29 is 19.4 Å². The lowest BCUT2D eigenvalue weighted by atomic mass is 9.83. The van der Waals surface area contributed by atoms with E-state index in [4.69, 9.17) is 5.11 Å². The minimum atomic E-state index is -0.793. The molecule has 0 aliphatic carbocycles. The Morgan fingerprint density at radius 2 is 1.30 bits per heavy atom. The Balaban J connectivity index is 0.000000252. The molecule has 0 aromatic rings. The molecule has 6 saturated heterocycles. The van der Waals surface area contributed by atoms with Crippen molar-refractivity contribution in [1.82, 2.24) is 9.80 Å². The number of ether oxygens (including phenoxy) is 1. The highest BCUT2D eigenvalue weighted by atomic mass is 35.5. The molecule has 6 aliphatic heterocycles. The normalized spacial score (nSPS) is 33.4. The van der Waals surface area contributed by atoms with Crippen LogP contribution in [0.4, 0.5) is 0 Å². The Bertz CT molecular complexity index is 578. The van der Waals surface area contributed by atoms with Gasteiger partial charge in [-0.1, -0.05) is 0 Å². The van der Waals surface area contributed by atoms with Gasteiger partial charge in [0.15, 0.2) is 0 Å². The molecule has 6 nitrogen and oxygen atoms in total. The Kier molecular flexibility index (Phi) is 9.81. The zero-order chi connectivity index (χ0) is 17.8. The van der Waals surface area contributed by atoms with Gasteiger partial charge in [-0.15, -0.1) is 24.8 Å². The number of carbonyl (C=O) groups is 2. The van der Waals surface area contributed by atoms with Crippen LogP contribution in [-0.2, 0) is 14.3 Å². The van der Waals surface area contributed by atoms with Crippen LogP contribution in [0.3, 0.4) is 0 Å². The standard InChI is InChI=1S/C10H15NO2.C9H13NO2.2ClH/c1-13-10(12)6-9-7-11-4-2-8(9)3-5-11;11-9(12)5-8-6-10-3-1-7(8)2-4-10;;/h6,8H,2-5,7H2,1H3;5,7H,1-4,6H2,(H,11,12);2*1H/b9-6+;8-5+;;. The van der Waals surface area contributed by atoms with Gasteiger partial charge in [0.1, 0.15) is 0 Å². The number of carbonyl (C=O) groups excluding carboxylic acids is 1. The number of hydrogen-bond donors (Lipinski definition) is 1. The molecule has 0 unspecified atom stereocenters. The molecule has 27 heavy (non-hydrogen) atoms. The number of rotatable bonds is 2. The summed E-state index contributed by atoms with van der Waals surface area (Å²) >= 11 is 0. The number of nitrogens with zero attached hydrogens (tertiary/aromatic N) is 2. The Labute approximate surface area is 173 Å². The van der Waals surface area contributed by atoms with E-state index < -0.39 is 5.97 Å². The monoisotopic (exact) mass is 420 g/mol. The van der Waals surface area contributed by atoms with Gasteiger partial charge in [0.05, 0.1) is 7.11 Å². The SMILES string of the molecule is COC(=O)/C=C1\CN2CCC1CC2.Cl.Cl.O=C(O)/C=C1\CN2CCC1CC2. The largest absolute Gasteiger partial charge is 0.478 e. The van der Waals surface area contributed by atoms with E-state index in [2.05, 4.69) is 14.5 Å². The minimum Gasteiger partial charge on any atom is -0.478 e. The third-order valence-electron chi connectivity index (χ3n) is 5.85. The predicted octanol–water partition coefficient (Wildman–Crippen LogP) is 2.38. The summed E-state index contributed by atoms with van der Waals surface area (Å²) < 4.78 is 4.63. The number of fused-ring (bicyclic) bond motifs is 6. The molecule has 6 heterocycles. The first kappa shape index (κ1) is 24.0. The molecule has 6 rings (SSSR count). The van der Waals surface area contributed by atoms with Gasteiger partial charge in [-0.3, -0.25) is 9.80 Å². The minimum absolute atomic E-state index is 0. The van der Waals surface area contributed by atoms with Crippen LogP contribution in [-0.4, -0.2) is 73.2 Å². The molecule has 6 fully saturated rings. The molecular formula is C19H30Cl2N2O4. The molecule has 0 radical (unpaired) electrons. The maximum Gasteiger partial charge on any atom is 0.330 e. The van der Waals surface area contributed by atoms with Crippen LogP contribution < -0.4 is 0 Å². The molecule has 0 spiro atoms. The summed E-state index contributed by atoms with van der Waals surface area (Å²) in [5.74, 6) is 0.206. The summed E-state index contributed by atoms with van der Waals surface area (Å²) in [7, 11) is 1.43. The molecule has 154 valence electrons. The zero-order valence-electron chi connectivity index (χ0n) is 15.8. The van der Waals surface area contributed by atoms with Crippen LogP contribution in [0.5, 0.6) is 0 Å². The molecule has 1 N–H and O–H groups in total. The second-order valence-corrected chi connectivity index (χ2v) is 7.40. The fourth-order valence-corrected chi connectivity index (χ4v) is 4.39. The van der Waals surface area contributed by atoms with Crippen LogP contribution in [0.15, 0.2) is 23.3 Å². The van der Waals surface area contributed by atoms with E-state index in [0.29, 0.717) is 11.8 Å². The highest BCUT2D eigenvalue weighted by molar-refractivity contribution is 5.85. The number of carboxylic acid groups (broad SMARTS) is 1. The van der Waals surface area contributed by atoms with Gasteiger partial charge < -0.3 is 9.84 Å². The third-order valence-corrected chi connectivity index (χ3v) is 5.85. The molecular weight excluding hydrogens is 391 g/mol. The van der Waals surface area contributed by atoms with Crippen molar-refractivity contribution in [3.63, 3.8) is 0 Å². The second-order valence-electron chi connectivity index (χ2n) is 7.40. The number of aliphatic carboxylic acids is 1. The molecule has 0 aromatic carbocycles. The molecule has 6 aliphatic rings. The van der Waals surface area contributed by atoms with Gasteiger partial charge in [-0.2, -0.15) is 0 Å². The summed E-state index contributed by atoms with van der Waals surface area (Å²) in [6.45, 7) is 6.56. The molecule has 0 amide bonds. The highest BCUT2D eigenvalue weighted by Crippen LogP contribution is 2.32. The smallest absolute Gasteiger partial charge is 0.330 e. The van der Waals surface area contributed by atoms with Crippen molar-refractivity contribution in [2.75, 3.05) is 46.4 Å². The van der Waals surface area contributed by atoms with Gasteiger partial charge >= 0.3 is 11.9 Å². The van der Waals surface area contributed by atoms with E-state index >= 15 is 0 Å². The lowest BCUT2D eigenvalue weighted by Crippen LogP contribution is -2.43. The number of carboxylic acids is 1. The average molecular weight is 421 g/mol. The van der Waals surface area contributed by atoms with Crippen LogP contribution in [0.25, 0.3) is 0 Å². The first-order valence-corrected chi connectivity index (χ1v) is 9.21. The van der Waals surface area contributed by atoms with Crippen molar-refractivity contribution in [2.45, 2.75) is 25.7 Å². The Morgan fingerprint density at radius 3 is 1.59 bits per heavy atom. The summed E-state index contributed by atoms with van der Waals surface area (Å²) in [6.07, 6.45) is 7.80. The summed E-state index contributed by atoms with van der Waals surface area (Å²) in [5, 5.41) is 8.60. The van der Waals surface area contributed by atoms with E-state index in [1.165, 1.54) is 44.7 Å². The van der Waals surface area contributed by atoms with Crippen LogP contribution in [0.2, 0.25) is 0 Å². The van der Waals surface area contributed by atoms with Crippen molar-refractivity contribution in [3.05, 3.63) is 23.3 Å². The maximum atomic E-state index is 11.0. The lowest BCUT2D eigenvalue weighted by Gasteiger charge is -2.40. The van der Waals surface area contributed by atoms with E-state index in [1.807, 2.05) is 0 Å².